The largest absolute Gasteiger partial charge is 0.106 e. The summed E-state index contributed by atoms with van der Waals surface area (Å²) in [5.74, 6) is 0. The molecular weight excluding hydrogens is 211 g/mol. The van der Waals surface area contributed by atoms with Crippen LogP contribution in [0, 0.1) is 0 Å². The van der Waals surface area contributed by atoms with Gasteiger partial charge in [0.25, 0.3) is 0 Å². The SMILES string of the molecule is C=Cc1ccc(P)cc1C=C.CC.CCC. The highest BCUT2D eigenvalue weighted by molar-refractivity contribution is 7.27. The standard InChI is InChI=1S/C10H11P.C3H8.C2H6/c1-3-8-5-6-10(11)7-9(8)4-2;1-3-2;1-2/h3-7H,1-2,11H2;3H2,1-2H3;1-2H3. The Kier molecular flexibility index (Phi) is 13.4. The van der Waals surface area contributed by atoms with Crippen LogP contribution in [-0.2, 0) is 0 Å². The molecule has 0 spiro atoms. The predicted molar refractivity (Wildman–Crippen MR) is 83.3 cm³/mol. The van der Waals surface area contributed by atoms with E-state index < -0.39 is 0 Å². The van der Waals surface area contributed by atoms with Crippen LogP contribution in [0.4, 0.5) is 0 Å². The average molecular weight is 236 g/mol. The molecular formula is C15H25P. The molecule has 0 amide bonds. The summed E-state index contributed by atoms with van der Waals surface area (Å²) in [6.07, 6.45) is 4.92. The fourth-order valence-electron chi connectivity index (χ4n) is 0.956. The van der Waals surface area contributed by atoms with Crippen molar-refractivity contribution in [3.63, 3.8) is 0 Å². The topological polar surface area (TPSA) is 0 Å². The molecule has 1 rings (SSSR count). The predicted octanol–water partition coefficient (Wildman–Crippen LogP) is 4.92. The number of rotatable bonds is 2. The Morgan fingerprint density at radius 2 is 1.50 bits per heavy atom. The Morgan fingerprint density at radius 1 is 1.06 bits per heavy atom. The number of hydrogen-bond donors (Lipinski definition) is 0. The molecule has 1 unspecified atom stereocenters. The smallest absolute Gasteiger partial charge is 0.0184 e. The van der Waals surface area contributed by atoms with E-state index in [2.05, 4.69) is 42.3 Å². The van der Waals surface area contributed by atoms with Crippen LogP contribution in [-0.4, -0.2) is 0 Å². The minimum atomic E-state index is 1.13. The Hall–Kier alpha value is -0.870. The van der Waals surface area contributed by atoms with Crippen LogP contribution in [0.5, 0.6) is 0 Å². The van der Waals surface area contributed by atoms with E-state index in [9.17, 15) is 0 Å². The first-order valence-corrected chi connectivity index (χ1v) is 6.41. The van der Waals surface area contributed by atoms with Crippen molar-refractivity contribution in [1.82, 2.24) is 0 Å². The maximum atomic E-state index is 3.72. The van der Waals surface area contributed by atoms with Gasteiger partial charge in [0.15, 0.2) is 0 Å². The Balaban J connectivity index is 0. The highest BCUT2D eigenvalue weighted by Crippen LogP contribution is 2.10. The van der Waals surface area contributed by atoms with Crippen LogP contribution in [0.3, 0.4) is 0 Å². The van der Waals surface area contributed by atoms with E-state index in [1.54, 1.807) is 0 Å². The van der Waals surface area contributed by atoms with Crippen molar-refractivity contribution in [3.05, 3.63) is 42.5 Å². The molecule has 1 heteroatoms. The van der Waals surface area contributed by atoms with E-state index in [0.717, 1.165) is 11.1 Å². The molecule has 0 nitrogen and oxygen atoms in total. The fourth-order valence-corrected chi connectivity index (χ4v) is 1.23. The Bertz CT molecular complexity index is 300. The highest BCUT2D eigenvalue weighted by Gasteiger charge is 1.93. The zero-order valence-corrected chi connectivity index (χ0v) is 12.2. The number of hydrogen-bond acceptors (Lipinski definition) is 0. The van der Waals surface area contributed by atoms with E-state index in [1.807, 2.05) is 38.1 Å². The molecule has 0 aliphatic carbocycles. The summed E-state index contributed by atoms with van der Waals surface area (Å²) in [7, 11) is 2.65. The van der Waals surface area contributed by atoms with Crippen LogP contribution in [0.2, 0.25) is 0 Å². The minimum absolute atomic E-state index is 1.13. The first-order chi connectivity index (χ1) is 7.69. The van der Waals surface area contributed by atoms with Gasteiger partial charge in [-0.1, -0.05) is 71.6 Å². The third-order valence-electron chi connectivity index (χ3n) is 1.55. The molecule has 0 saturated carbocycles. The molecule has 0 aliphatic rings. The molecule has 16 heavy (non-hydrogen) atoms. The first-order valence-electron chi connectivity index (χ1n) is 5.83. The van der Waals surface area contributed by atoms with Crippen molar-refractivity contribution < 1.29 is 0 Å². The summed E-state index contributed by atoms with van der Waals surface area (Å²) in [6, 6.07) is 6.13. The van der Waals surface area contributed by atoms with Gasteiger partial charge >= 0.3 is 0 Å². The van der Waals surface area contributed by atoms with Crippen molar-refractivity contribution in [2.75, 3.05) is 0 Å². The van der Waals surface area contributed by atoms with Gasteiger partial charge < -0.3 is 0 Å². The van der Waals surface area contributed by atoms with Crippen molar-refractivity contribution in [2.45, 2.75) is 34.1 Å². The van der Waals surface area contributed by atoms with E-state index >= 15 is 0 Å². The molecule has 0 fully saturated rings. The molecule has 0 aliphatic heterocycles. The van der Waals surface area contributed by atoms with E-state index in [1.165, 1.54) is 11.7 Å². The fraction of sp³-hybridized carbons (Fsp3) is 0.333. The summed E-state index contributed by atoms with van der Waals surface area (Å²) < 4.78 is 0. The van der Waals surface area contributed by atoms with Gasteiger partial charge in [0.2, 0.25) is 0 Å². The molecule has 0 bridgehead atoms. The Labute approximate surface area is 104 Å². The van der Waals surface area contributed by atoms with Gasteiger partial charge in [-0.2, -0.15) is 0 Å². The lowest BCUT2D eigenvalue weighted by Crippen LogP contribution is -1.91. The lowest BCUT2D eigenvalue weighted by atomic mass is 10.1. The van der Waals surface area contributed by atoms with Crippen molar-refractivity contribution in [1.29, 1.82) is 0 Å². The zero-order valence-electron chi connectivity index (χ0n) is 11.1. The van der Waals surface area contributed by atoms with Crippen molar-refractivity contribution >= 4 is 26.7 Å². The lowest BCUT2D eigenvalue weighted by Gasteiger charge is -2.00. The van der Waals surface area contributed by atoms with Crippen LogP contribution in [0.25, 0.3) is 12.2 Å². The molecule has 0 aromatic heterocycles. The first kappa shape index (κ1) is 17.5. The van der Waals surface area contributed by atoms with Gasteiger partial charge in [0.1, 0.15) is 0 Å². The van der Waals surface area contributed by atoms with Crippen LogP contribution < -0.4 is 5.30 Å². The van der Waals surface area contributed by atoms with E-state index in [-0.39, 0.29) is 0 Å². The van der Waals surface area contributed by atoms with Crippen molar-refractivity contribution in [3.8, 4) is 0 Å². The molecule has 0 heterocycles. The molecule has 90 valence electrons. The third kappa shape index (κ3) is 7.43. The van der Waals surface area contributed by atoms with Gasteiger partial charge in [-0.15, -0.1) is 9.24 Å². The van der Waals surface area contributed by atoms with Gasteiger partial charge in [-0.25, -0.2) is 0 Å². The van der Waals surface area contributed by atoms with Crippen LogP contribution >= 0.6 is 9.24 Å². The molecule has 0 N–H and O–H groups in total. The second-order valence-corrected chi connectivity index (χ2v) is 3.67. The average Bonchev–Trinajstić information content (AvgIpc) is 2.32. The molecule has 1 atom stereocenters. The summed E-state index contributed by atoms with van der Waals surface area (Å²) in [5, 5.41) is 1.17. The lowest BCUT2D eigenvalue weighted by molar-refractivity contribution is 1.09. The van der Waals surface area contributed by atoms with Crippen LogP contribution in [0.1, 0.15) is 45.2 Å². The maximum Gasteiger partial charge on any atom is -0.0184 e. The third-order valence-corrected chi connectivity index (χ3v) is 1.91. The van der Waals surface area contributed by atoms with Crippen molar-refractivity contribution in [2.24, 2.45) is 0 Å². The normalized spacial score (nSPS) is 7.81. The minimum Gasteiger partial charge on any atom is -0.106 e. The summed E-state index contributed by atoms with van der Waals surface area (Å²) in [4.78, 5) is 0. The molecule has 0 saturated heterocycles. The van der Waals surface area contributed by atoms with Gasteiger partial charge in [0.05, 0.1) is 0 Å². The summed E-state index contributed by atoms with van der Waals surface area (Å²) in [6.45, 7) is 15.7. The monoisotopic (exact) mass is 236 g/mol. The second kappa shape index (κ2) is 12.2. The number of benzene rings is 1. The van der Waals surface area contributed by atoms with Crippen LogP contribution in [0.15, 0.2) is 31.4 Å². The summed E-state index contributed by atoms with van der Waals surface area (Å²) >= 11 is 0. The highest BCUT2D eigenvalue weighted by atomic mass is 31.0. The van der Waals surface area contributed by atoms with Gasteiger partial charge in [-0.05, 0) is 22.5 Å². The molecule has 0 radical (unpaired) electrons. The summed E-state index contributed by atoms with van der Waals surface area (Å²) in [5.41, 5.74) is 2.26. The maximum absolute atomic E-state index is 3.72. The second-order valence-electron chi connectivity index (χ2n) is 3.00. The quantitative estimate of drug-likeness (QED) is 0.640. The van der Waals surface area contributed by atoms with Gasteiger partial charge in [0, 0.05) is 0 Å². The van der Waals surface area contributed by atoms with Gasteiger partial charge in [-0.3, -0.25) is 0 Å². The zero-order chi connectivity index (χ0) is 13.0. The molecule has 1 aromatic rings. The van der Waals surface area contributed by atoms with E-state index in [4.69, 9.17) is 0 Å². The Morgan fingerprint density at radius 3 is 1.88 bits per heavy atom. The van der Waals surface area contributed by atoms with E-state index in [0.29, 0.717) is 0 Å². The molecule has 1 aromatic carbocycles.